The Morgan fingerprint density at radius 3 is 2.87 bits per heavy atom. The molecule has 0 heterocycles. The molecule has 0 spiro atoms. The van der Waals surface area contributed by atoms with Gasteiger partial charge in [-0.1, -0.05) is 17.7 Å². The van der Waals surface area contributed by atoms with Crippen molar-refractivity contribution in [2.24, 2.45) is 0 Å². The van der Waals surface area contributed by atoms with Gasteiger partial charge in [-0.25, -0.2) is 0 Å². The fourth-order valence-electron chi connectivity index (χ4n) is 1.38. The van der Waals surface area contributed by atoms with E-state index in [0.717, 1.165) is 11.1 Å². The topological polar surface area (TPSA) is 26.3 Å². The number of hydrogen-bond donors (Lipinski definition) is 0. The van der Waals surface area contributed by atoms with Crippen molar-refractivity contribution >= 4 is 17.6 Å². The zero-order valence-electron chi connectivity index (χ0n) is 9.05. The zero-order chi connectivity index (χ0) is 11.3. The highest BCUT2D eigenvalue weighted by Crippen LogP contribution is 2.16. The van der Waals surface area contributed by atoms with Gasteiger partial charge < -0.3 is 4.74 Å². The summed E-state index contributed by atoms with van der Waals surface area (Å²) in [4.78, 5) is 11.2. The van der Waals surface area contributed by atoms with Crippen LogP contribution in [0.15, 0.2) is 18.2 Å². The normalized spacial score (nSPS) is 10.1. The van der Waals surface area contributed by atoms with Gasteiger partial charge >= 0.3 is 5.97 Å². The van der Waals surface area contributed by atoms with Gasteiger partial charge in [0.25, 0.3) is 0 Å². The summed E-state index contributed by atoms with van der Waals surface area (Å²) in [6.07, 6.45) is 1.10. The van der Waals surface area contributed by atoms with Crippen LogP contribution in [0, 0.1) is 6.92 Å². The molecule has 1 aromatic carbocycles. The number of ether oxygens (including phenoxy) is 1. The van der Waals surface area contributed by atoms with Crippen LogP contribution >= 0.6 is 11.6 Å². The van der Waals surface area contributed by atoms with Crippen LogP contribution in [-0.2, 0) is 16.0 Å². The lowest BCUT2D eigenvalue weighted by Gasteiger charge is -2.06. The number of carbonyl (C=O) groups excluding carboxylic acids is 1. The minimum absolute atomic E-state index is 0.156. The molecular weight excluding hydrogens is 212 g/mol. The van der Waals surface area contributed by atoms with E-state index in [9.17, 15) is 4.79 Å². The van der Waals surface area contributed by atoms with Crippen LogP contribution in [-0.4, -0.2) is 12.6 Å². The van der Waals surface area contributed by atoms with Crippen molar-refractivity contribution in [3.8, 4) is 0 Å². The van der Waals surface area contributed by atoms with Crippen LogP contribution in [0.1, 0.15) is 24.5 Å². The second-order valence-electron chi connectivity index (χ2n) is 3.38. The van der Waals surface area contributed by atoms with Gasteiger partial charge in [-0.2, -0.15) is 0 Å². The van der Waals surface area contributed by atoms with Crippen molar-refractivity contribution in [2.75, 3.05) is 6.61 Å². The summed E-state index contributed by atoms with van der Waals surface area (Å²) < 4.78 is 4.86. The average Bonchev–Trinajstić information content (AvgIpc) is 2.20. The Kier molecular flexibility index (Phi) is 4.63. The van der Waals surface area contributed by atoms with E-state index in [-0.39, 0.29) is 5.97 Å². The van der Waals surface area contributed by atoms with E-state index in [1.807, 2.05) is 32.0 Å². The maximum atomic E-state index is 11.2. The molecule has 0 aromatic heterocycles. The van der Waals surface area contributed by atoms with Gasteiger partial charge in [-0.3, -0.25) is 4.79 Å². The predicted octanol–water partition coefficient (Wildman–Crippen LogP) is 3.14. The quantitative estimate of drug-likeness (QED) is 0.738. The molecule has 3 heteroatoms. The largest absolute Gasteiger partial charge is 0.466 e. The molecule has 0 aliphatic carbocycles. The Labute approximate surface area is 95.2 Å². The fraction of sp³-hybridized carbons (Fsp3) is 0.417. The molecule has 1 rings (SSSR count). The Balaban J connectivity index is 2.57. The molecule has 2 nitrogen and oxygen atoms in total. The van der Waals surface area contributed by atoms with E-state index >= 15 is 0 Å². The molecule has 0 fully saturated rings. The van der Waals surface area contributed by atoms with E-state index in [4.69, 9.17) is 16.3 Å². The first kappa shape index (κ1) is 12.1. The van der Waals surface area contributed by atoms with Crippen LogP contribution in [0.5, 0.6) is 0 Å². The van der Waals surface area contributed by atoms with Gasteiger partial charge in [-0.05, 0) is 43.5 Å². The van der Waals surface area contributed by atoms with Gasteiger partial charge in [-0.15, -0.1) is 0 Å². The first-order valence-corrected chi connectivity index (χ1v) is 5.42. The molecule has 0 bridgehead atoms. The number of aryl methyl sites for hydroxylation is 2. The molecule has 0 N–H and O–H groups in total. The third kappa shape index (κ3) is 3.92. The Morgan fingerprint density at radius 1 is 1.47 bits per heavy atom. The summed E-state index contributed by atoms with van der Waals surface area (Å²) in [5.41, 5.74) is 2.26. The van der Waals surface area contributed by atoms with Gasteiger partial charge in [0, 0.05) is 11.4 Å². The highest BCUT2D eigenvalue weighted by molar-refractivity contribution is 6.30. The van der Waals surface area contributed by atoms with Crippen molar-refractivity contribution in [1.82, 2.24) is 0 Å². The minimum Gasteiger partial charge on any atom is -0.466 e. The van der Waals surface area contributed by atoms with E-state index in [1.54, 1.807) is 0 Å². The lowest BCUT2D eigenvalue weighted by atomic mass is 10.0. The van der Waals surface area contributed by atoms with Crippen molar-refractivity contribution in [1.29, 1.82) is 0 Å². The lowest BCUT2D eigenvalue weighted by molar-refractivity contribution is -0.143. The summed E-state index contributed by atoms with van der Waals surface area (Å²) in [6, 6.07) is 5.71. The highest BCUT2D eigenvalue weighted by Gasteiger charge is 2.05. The number of esters is 1. The SMILES string of the molecule is CCOC(=O)CCc1cc(Cl)ccc1C. The maximum absolute atomic E-state index is 11.2. The first-order valence-electron chi connectivity index (χ1n) is 5.04. The molecule has 0 saturated heterocycles. The molecule has 0 unspecified atom stereocenters. The molecule has 0 radical (unpaired) electrons. The molecule has 0 amide bonds. The average molecular weight is 227 g/mol. The standard InChI is InChI=1S/C12H15ClO2/c1-3-15-12(14)7-5-10-8-11(13)6-4-9(10)2/h4,6,8H,3,5,7H2,1-2H3. The Hall–Kier alpha value is -1.02. The Bertz CT molecular complexity index is 347. The third-order valence-electron chi connectivity index (χ3n) is 2.21. The molecule has 0 atom stereocenters. The molecule has 0 aliphatic rings. The minimum atomic E-state index is -0.156. The smallest absolute Gasteiger partial charge is 0.306 e. The summed E-state index contributed by atoms with van der Waals surface area (Å²) in [7, 11) is 0. The van der Waals surface area contributed by atoms with Gasteiger partial charge in [0.15, 0.2) is 0 Å². The number of hydrogen-bond acceptors (Lipinski definition) is 2. The van der Waals surface area contributed by atoms with Crippen LogP contribution in [0.4, 0.5) is 0 Å². The van der Waals surface area contributed by atoms with Crippen molar-refractivity contribution < 1.29 is 9.53 Å². The van der Waals surface area contributed by atoms with Crippen LogP contribution < -0.4 is 0 Å². The second-order valence-corrected chi connectivity index (χ2v) is 3.81. The fourth-order valence-corrected chi connectivity index (χ4v) is 1.57. The molecule has 82 valence electrons. The summed E-state index contributed by atoms with van der Waals surface area (Å²) >= 11 is 5.88. The van der Waals surface area contributed by atoms with E-state index in [2.05, 4.69) is 0 Å². The zero-order valence-corrected chi connectivity index (χ0v) is 9.80. The monoisotopic (exact) mass is 226 g/mol. The van der Waals surface area contributed by atoms with Gasteiger partial charge in [0.2, 0.25) is 0 Å². The Morgan fingerprint density at radius 2 is 2.20 bits per heavy atom. The summed E-state index contributed by atoms with van der Waals surface area (Å²) in [5.74, 6) is -0.156. The molecule has 1 aromatic rings. The van der Waals surface area contributed by atoms with Crippen LogP contribution in [0.3, 0.4) is 0 Å². The lowest BCUT2D eigenvalue weighted by Crippen LogP contribution is -2.05. The van der Waals surface area contributed by atoms with E-state index in [0.29, 0.717) is 24.5 Å². The number of carbonyl (C=O) groups is 1. The van der Waals surface area contributed by atoms with Gasteiger partial charge in [0.1, 0.15) is 0 Å². The molecule has 0 aliphatic heterocycles. The number of rotatable bonds is 4. The first-order chi connectivity index (χ1) is 7.13. The number of benzene rings is 1. The van der Waals surface area contributed by atoms with Gasteiger partial charge in [0.05, 0.1) is 6.61 Å². The van der Waals surface area contributed by atoms with Crippen LogP contribution in [0.25, 0.3) is 0 Å². The molecule has 15 heavy (non-hydrogen) atoms. The van der Waals surface area contributed by atoms with Crippen molar-refractivity contribution in [3.63, 3.8) is 0 Å². The van der Waals surface area contributed by atoms with Crippen molar-refractivity contribution in [3.05, 3.63) is 34.3 Å². The molecular formula is C12H15ClO2. The summed E-state index contributed by atoms with van der Waals surface area (Å²) in [6.45, 7) is 4.26. The third-order valence-corrected chi connectivity index (χ3v) is 2.45. The summed E-state index contributed by atoms with van der Waals surface area (Å²) in [5, 5.41) is 0.708. The predicted molar refractivity (Wildman–Crippen MR) is 61.1 cm³/mol. The van der Waals surface area contributed by atoms with E-state index < -0.39 is 0 Å². The second kappa shape index (κ2) is 5.76. The highest BCUT2D eigenvalue weighted by atomic mass is 35.5. The molecule has 0 saturated carbocycles. The maximum Gasteiger partial charge on any atom is 0.306 e. The van der Waals surface area contributed by atoms with Crippen LogP contribution in [0.2, 0.25) is 5.02 Å². The van der Waals surface area contributed by atoms with Crippen molar-refractivity contribution in [2.45, 2.75) is 26.7 Å². The van der Waals surface area contributed by atoms with E-state index in [1.165, 1.54) is 0 Å². The number of halogens is 1.